The van der Waals surface area contributed by atoms with Crippen LogP contribution in [0.3, 0.4) is 0 Å². The molecule has 1 N–H and O–H groups in total. The quantitative estimate of drug-likeness (QED) is 0.792. The van der Waals surface area contributed by atoms with Gasteiger partial charge in [-0.3, -0.25) is 0 Å². The second-order valence-electron chi connectivity index (χ2n) is 1.96. The van der Waals surface area contributed by atoms with Gasteiger partial charge in [-0.05, 0) is 0 Å². The molecule has 0 radical (unpaired) electrons. The number of hydrogen-bond acceptors (Lipinski definition) is 1. The average molecular weight is 320 g/mol. The van der Waals surface area contributed by atoms with Crippen LogP contribution in [0, 0.1) is 0 Å². The van der Waals surface area contributed by atoms with Crippen molar-refractivity contribution < 1.29 is 25.5 Å². The van der Waals surface area contributed by atoms with E-state index in [0.717, 1.165) is 4.47 Å². The van der Waals surface area contributed by atoms with Gasteiger partial charge in [-0.15, -0.1) is 24.8 Å². The summed E-state index contributed by atoms with van der Waals surface area (Å²) in [7, 11) is 0. The molecule has 13 heavy (non-hydrogen) atoms. The molecule has 1 rings (SSSR count). The van der Waals surface area contributed by atoms with E-state index < -0.39 is 0 Å². The zero-order chi connectivity index (χ0) is 8.27. The second kappa shape index (κ2) is 7.83. The Bertz CT molecular complexity index is 268. The van der Waals surface area contributed by atoms with Crippen LogP contribution in [0.5, 0.6) is 0 Å². The van der Waals surface area contributed by atoms with Crippen molar-refractivity contribution in [3.8, 4) is 0 Å². The fraction of sp³-hybridized carbons (Fsp3) is 0. The molecular formula is C7H7BrCl2NOTi. The van der Waals surface area contributed by atoms with Gasteiger partial charge in [0.25, 0.3) is 0 Å². The number of carbonyl (C=O) groups excluding carboxylic acids is 1. The Kier molecular flexibility index (Phi) is 9.59. The molecule has 6 heteroatoms. The van der Waals surface area contributed by atoms with Crippen molar-refractivity contribution >= 4 is 46.7 Å². The maximum atomic E-state index is 11.0. The number of halogens is 3. The van der Waals surface area contributed by atoms with Crippen molar-refractivity contribution in [2.45, 2.75) is 0 Å². The summed E-state index contributed by atoms with van der Waals surface area (Å²) >= 11 is 4.90. The SMILES string of the molecule is Cl.Cl.O=C([NH][Ti])c1ccc(Br)cc1. The van der Waals surface area contributed by atoms with Crippen molar-refractivity contribution in [2.24, 2.45) is 0 Å². The fourth-order valence-electron chi connectivity index (χ4n) is 0.673. The van der Waals surface area contributed by atoms with E-state index >= 15 is 0 Å². The van der Waals surface area contributed by atoms with Gasteiger partial charge in [0, 0.05) is 0 Å². The number of nitrogens with one attached hydrogen (secondary N) is 1. The summed E-state index contributed by atoms with van der Waals surface area (Å²) < 4.78 is 3.52. The summed E-state index contributed by atoms with van der Waals surface area (Å²) in [5.74, 6) is -0.0579. The second-order valence-corrected chi connectivity index (χ2v) is 3.27. The number of rotatable bonds is 1. The molecule has 0 aliphatic carbocycles. The zero-order valence-corrected chi connectivity index (χ0v) is 11.2. The molecule has 0 saturated heterocycles. The molecular weight excluding hydrogens is 313 g/mol. The Morgan fingerprint density at radius 1 is 1.23 bits per heavy atom. The van der Waals surface area contributed by atoms with E-state index in [0.29, 0.717) is 5.56 Å². The summed E-state index contributed by atoms with van der Waals surface area (Å²) in [5, 5.41) is 0. The Balaban J connectivity index is 0. The van der Waals surface area contributed by atoms with E-state index in [4.69, 9.17) is 0 Å². The number of hydrogen-bond donors (Lipinski definition) is 1. The van der Waals surface area contributed by atoms with Crippen LogP contribution >= 0.6 is 40.7 Å². The van der Waals surface area contributed by atoms with Gasteiger partial charge in [-0.2, -0.15) is 0 Å². The van der Waals surface area contributed by atoms with Gasteiger partial charge < -0.3 is 0 Å². The third-order valence-electron chi connectivity index (χ3n) is 1.22. The first-order valence-corrected chi connectivity index (χ1v) is 4.54. The summed E-state index contributed by atoms with van der Waals surface area (Å²) in [5.41, 5.74) is 0.677. The van der Waals surface area contributed by atoms with Gasteiger partial charge in [-0.1, -0.05) is 0 Å². The topological polar surface area (TPSA) is 29.1 Å². The molecule has 0 aliphatic rings. The van der Waals surface area contributed by atoms with Gasteiger partial charge in [0.15, 0.2) is 0 Å². The third kappa shape index (κ3) is 5.04. The van der Waals surface area contributed by atoms with E-state index in [2.05, 4.69) is 19.7 Å². The third-order valence-corrected chi connectivity index (χ3v) is 2.10. The standard InChI is InChI=1S/C7H6BrNO.2ClH.Ti/c8-6-3-1-5(2-4-6)7(9)10;;;/h1-4H,(H2,9,10);2*1H;/q;;;+1/p-1. The van der Waals surface area contributed by atoms with Gasteiger partial charge >= 0.3 is 85.4 Å². The molecule has 1 amide bonds. The van der Waals surface area contributed by atoms with E-state index in [9.17, 15) is 4.79 Å². The average Bonchev–Trinajstić information content (AvgIpc) is 2.05. The Morgan fingerprint density at radius 3 is 2.08 bits per heavy atom. The molecule has 0 atom stereocenters. The predicted octanol–water partition coefficient (Wildman–Crippen LogP) is 2.48. The maximum absolute atomic E-state index is 11.0. The molecule has 0 saturated carbocycles. The Hall–Kier alpha value is 0.464. The molecule has 0 bridgehead atoms. The molecule has 2 nitrogen and oxygen atoms in total. The molecule has 0 aliphatic heterocycles. The first-order valence-electron chi connectivity index (χ1n) is 2.96. The Morgan fingerprint density at radius 2 is 1.69 bits per heavy atom. The van der Waals surface area contributed by atoms with Crippen molar-refractivity contribution in [3.05, 3.63) is 34.3 Å². The monoisotopic (exact) mass is 318 g/mol. The van der Waals surface area contributed by atoms with Crippen LogP contribution in [0.1, 0.15) is 10.4 Å². The minimum absolute atomic E-state index is 0. The molecule has 0 fully saturated rings. The minimum atomic E-state index is -0.0579. The van der Waals surface area contributed by atoms with Crippen LogP contribution in [0.4, 0.5) is 0 Å². The number of benzene rings is 1. The first kappa shape index (κ1) is 15.9. The van der Waals surface area contributed by atoms with Crippen LogP contribution in [0.2, 0.25) is 0 Å². The molecule has 1 aromatic rings. The summed E-state index contributed by atoms with van der Waals surface area (Å²) in [6, 6.07) is 7.21. The fourth-order valence-corrected chi connectivity index (χ4v) is 1.16. The van der Waals surface area contributed by atoms with Crippen LogP contribution in [0.25, 0.3) is 0 Å². The van der Waals surface area contributed by atoms with Crippen molar-refractivity contribution in [2.75, 3.05) is 0 Å². The normalized spacial score (nSPS) is 7.69. The van der Waals surface area contributed by atoms with E-state index in [1.807, 2.05) is 12.1 Å². The first-order chi connectivity index (χ1) is 5.24. The van der Waals surface area contributed by atoms with Crippen molar-refractivity contribution in [3.63, 3.8) is 0 Å². The molecule has 71 valence electrons. The van der Waals surface area contributed by atoms with E-state index in [1.165, 1.54) is 0 Å². The number of amides is 1. The van der Waals surface area contributed by atoms with E-state index in [-0.39, 0.29) is 30.7 Å². The van der Waals surface area contributed by atoms with E-state index in [1.54, 1.807) is 32.8 Å². The van der Waals surface area contributed by atoms with Crippen LogP contribution < -0.4 is 3.80 Å². The molecule has 0 aromatic heterocycles. The molecule has 1 aromatic carbocycles. The zero-order valence-electron chi connectivity index (χ0n) is 6.41. The summed E-state index contributed by atoms with van der Waals surface area (Å²) in [6.45, 7) is 0. The molecule has 0 heterocycles. The number of carbonyl (C=O) groups is 1. The summed E-state index contributed by atoms with van der Waals surface area (Å²) in [6.07, 6.45) is 0. The Labute approximate surface area is 110 Å². The predicted molar refractivity (Wildman–Crippen MR) is 56.1 cm³/mol. The van der Waals surface area contributed by atoms with Crippen LogP contribution in [-0.4, -0.2) is 5.91 Å². The van der Waals surface area contributed by atoms with Gasteiger partial charge in [0.1, 0.15) is 0 Å². The van der Waals surface area contributed by atoms with Crippen molar-refractivity contribution in [1.82, 2.24) is 3.80 Å². The van der Waals surface area contributed by atoms with Gasteiger partial charge in [-0.25, -0.2) is 0 Å². The van der Waals surface area contributed by atoms with Crippen molar-refractivity contribution in [1.29, 1.82) is 0 Å². The molecule has 0 unspecified atom stereocenters. The van der Waals surface area contributed by atoms with Crippen LogP contribution in [0.15, 0.2) is 28.7 Å². The van der Waals surface area contributed by atoms with Crippen LogP contribution in [-0.2, 0) is 20.7 Å². The van der Waals surface area contributed by atoms with Gasteiger partial charge in [0.05, 0.1) is 0 Å². The summed E-state index contributed by atoms with van der Waals surface area (Å²) in [4.78, 5) is 11.0. The van der Waals surface area contributed by atoms with Gasteiger partial charge in [0.2, 0.25) is 0 Å². The molecule has 0 spiro atoms.